The first-order chi connectivity index (χ1) is 9.61. The van der Waals surface area contributed by atoms with Crippen LogP contribution < -0.4 is 15.8 Å². The van der Waals surface area contributed by atoms with Gasteiger partial charge in [0, 0.05) is 26.0 Å². The van der Waals surface area contributed by atoms with Crippen LogP contribution in [0.1, 0.15) is 0 Å². The standard InChI is InChI=1S/C14H11BrN2O2S/c15-8-2-1-3-9(4-8)20-13-6-11-12(5-10(13)16)19-7-14(18)17-11/h1-6H,7,16H2,(H,17,18). The minimum atomic E-state index is -0.152. The number of anilines is 2. The molecule has 0 fully saturated rings. The molecule has 0 saturated carbocycles. The van der Waals surface area contributed by atoms with Crippen LogP contribution in [0, 0.1) is 0 Å². The Hall–Kier alpha value is -1.66. The number of hydrogen-bond acceptors (Lipinski definition) is 4. The number of ether oxygens (including phenoxy) is 1. The number of nitrogens with one attached hydrogen (secondary N) is 1. The van der Waals surface area contributed by atoms with E-state index in [4.69, 9.17) is 10.5 Å². The van der Waals surface area contributed by atoms with Crippen LogP contribution in [0.5, 0.6) is 5.75 Å². The smallest absolute Gasteiger partial charge is 0.262 e. The second-order valence-corrected chi connectivity index (χ2v) is 6.31. The summed E-state index contributed by atoms with van der Waals surface area (Å²) in [4.78, 5) is 13.3. The number of carbonyl (C=O) groups is 1. The summed E-state index contributed by atoms with van der Waals surface area (Å²) in [5.41, 5.74) is 7.33. The summed E-state index contributed by atoms with van der Waals surface area (Å²) in [7, 11) is 0. The van der Waals surface area contributed by atoms with Gasteiger partial charge in [0.25, 0.3) is 5.91 Å². The number of fused-ring (bicyclic) bond motifs is 1. The molecule has 0 aliphatic carbocycles. The Morgan fingerprint density at radius 3 is 2.95 bits per heavy atom. The fourth-order valence-corrected chi connectivity index (χ4v) is 3.36. The molecule has 0 unspecified atom stereocenters. The number of nitrogens with two attached hydrogens (primary N) is 1. The third kappa shape index (κ3) is 2.76. The molecule has 2 aromatic rings. The Morgan fingerprint density at radius 1 is 1.30 bits per heavy atom. The summed E-state index contributed by atoms with van der Waals surface area (Å²) >= 11 is 4.98. The number of halogens is 1. The molecule has 0 bridgehead atoms. The molecular weight excluding hydrogens is 340 g/mol. The van der Waals surface area contributed by atoms with Crippen molar-refractivity contribution in [2.75, 3.05) is 17.7 Å². The zero-order valence-electron chi connectivity index (χ0n) is 10.4. The molecule has 0 saturated heterocycles. The van der Waals surface area contributed by atoms with Crippen molar-refractivity contribution >= 4 is 45.0 Å². The van der Waals surface area contributed by atoms with Gasteiger partial charge in [0.05, 0.1) is 5.69 Å². The molecule has 1 aliphatic rings. The Kier molecular flexibility index (Phi) is 3.58. The first-order valence-electron chi connectivity index (χ1n) is 5.91. The molecule has 0 aromatic heterocycles. The van der Waals surface area contributed by atoms with Gasteiger partial charge in [-0.25, -0.2) is 0 Å². The van der Waals surface area contributed by atoms with Crippen molar-refractivity contribution in [1.82, 2.24) is 0 Å². The molecule has 0 radical (unpaired) electrons. The molecule has 2 aromatic carbocycles. The second kappa shape index (κ2) is 5.38. The zero-order valence-corrected chi connectivity index (χ0v) is 12.8. The number of benzene rings is 2. The molecule has 0 atom stereocenters. The Balaban J connectivity index is 1.94. The third-order valence-corrected chi connectivity index (χ3v) is 4.33. The number of hydrogen-bond donors (Lipinski definition) is 2. The Morgan fingerprint density at radius 2 is 2.15 bits per heavy atom. The van der Waals surface area contributed by atoms with Gasteiger partial charge < -0.3 is 15.8 Å². The van der Waals surface area contributed by atoms with Gasteiger partial charge in [-0.15, -0.1) is 0 Å². The van der Waals surface area contributed by atoms with E-state index in [9.17, 15) is 4.79 Å². The highest BCUT2D eigenvalue weighted by Gasteiger charge is 2.18. The maximum atomic E-state index is 11.3. The lowest BCUT2D eigenvalue weighted by Gasteiger charge is -2.19. The van der Waals surface area contributed by atoms with Gasteiger partial charge in [0.15, 0.2) is 6.61 Å². The molecule has 3 rings (SSSR count). The van der Waals surface area contributed by atoms with E-state index in [-0.39, 0.29) is 12.5 Å². The van der Waals surface area contributed by atoms with Crippen molar-refractivity contribution in [3.63, 3.8) is 0 Å². The van der Waals surface area contributed by atoms with Gasteiger partial charge in [-0.1, -0.05) is 33.8 Å². The molecule has 20 heavy (non-hydrogen) atoms. The molecule has 6 heteroatoms. The molecular formula is C14H11BrN2O2S. The first kappa shape index (κ1) is 13.3. The van der Waals surface area contributed by atoms with Crippen LogP contribution in [0.15, 0.2) is 50.7 Å². The molecule has 0 spiro atoms. The highest BCUT2D eigenvalue weighted by atomic mass is 79.9. The molecule has 3 N–H and O–H groups in total. The van der Waals surface area contributed by atoms with Crippen LogP contribution in [0.2, 0.25) is 0 Å². The lowest BCUT2D eigenvalue weighted by molar-refractivity contribution is -0.118. The van der Waals surface area contributed by atoms with E-state index < -0.39 is 0 Å². The fourth-order valence-electron chi connectivity index (χ4n) is 1.87. The van der Waals surface area contributed by atoms with Crippen LogP contribution in [0.3, 0.4) is 0 Å². The van der Waals surface area contributed by atoms with Crippen molar-refractivity contribution < 1.29 is 9.53 Å². The Bertz CT molecular complexity index is 691. The predicted molar refractivity (Wildman–Crippen MR) is 83.2 cm³/mol. The highest BCUT2D eigenvalue weighted by Crippen LogP contribution is 2.40. The lowest BCUT2D eigenvalue weighted by Crippen LogP contribution is -2.25. The number of nitrogen functional groups attached to an aromatic ring is 1. The quantitative estimate of drug-likeness (QED) is 0.813. The maximum Gasteiger partial charge on any atom is 0.262 e. The molecule has 102 valence electrons. The number of amides is 1. The fraction of sp³-hybridized carbons (Fsp3) is 0.0714. The van der Waals surface area contributed by atoms with E-state index in [1.807, 2.05) is 30.3 Å². The van der Waals surface area contributed by atoms with E-state index in [1.165, 1.54) is 0 Å². The summed E-state index contributed by atoms with van der Waals surface area (Å²) < 4.78 is 6.34. The maximum absolute atomic E-state index is 11.3. The molecule has 4 nitrogen and oxygen atoms in total. The van der Waals surface area contributed by atoms with E-state index in [1.54, 1.807) is 17.8 Å². The second-order valence-electron chi connectivity index (χ2n) is 4.28. The van der Waals surface area contributed by atoms with E-state index in [0.717, 1.165) is 14.3 Å². The molecule has 1 amide bonds. The summed E-state index contributed by atoms with van der Waals surface area (Å²) in [6.45, 7) is 0.0323. The van der Waals surface area contributed by atoms with Crippen molar-refractivity contribution in [1.29, 1.82) is 0 Å². The van der Waals surface area contributed by atoms with E-state index in [2.05, 4.69) is 21.2 Å². The van der Waals surface area contributed by atoms with E-state index in [0.29, 0.717) is 17.1 Å². The van der Waals surface area contributed by atoms with Crippen molar-refractivity contribution in [2.24, 2.45) is 0 Å². The summed E-state index contributed by atoms with van der Waals surface area (Å²) in [6.07, 6.45) is 0. The number of rotatable bonds is 2. The van der Waals surface area contributed by atoms with Gasteiger partial charge in [-0.05, 0) is 24.3 Å². The van der Waals surface area contributed by atoms with Gasteiger partial charge in [-0.3, -0.25) is 4.79 Å². The monoisotopic (exact) mass is 350 g/mol. The summed E-state index contributed by atoms with van der Waals surface area (Å²) in [5, 5.41) is 2.78. The largest absolute Gasteiger partial charge is 0.482 e. The minimum Gasteiger partial charge on any atom is -0.482 e. The van der Waals surface area contributed by atoms with E-state index >= 15 is 0 Å². The van der Waals surface area contributed by atoms with Crippen molar-refractivity contribution in [3.8, 4) is 5.75 Å². The van der Waals surface area contributed by atoms with Crippen molar-refractivity contribution in [3.05, 3.63) is 40.9 Å². The van der Waals surface area contributed by atoms with Crippen LogP contribution >= 0.6 is 27.7 Å². The van der Waals surface area contributed by atoms with Gasteiger partial charge >= 0.3 is 0 Å². The van der Waals surface area contributed by atoms with Crippen LogP contribution in [0.25, 0.3) is 0 Å². The van der Waals surface area contributed by atoms with Crippen LogP contribution in [-0.4, -0.2) is 12.5 Å². The van der Waals surface area contributed by atoms with Gasteiger partial charge in [-0.2, -0.15) is 0 Å². The minimum absolute atomic E-state index is 0.0323. The van der Waals surface area contributed by atoms with Crippen molar-refractivity contribution in [2.45, 2.75) is 9.79 Å². The molecule has 1 aliphatic heterocycles. The number of carbonyl (C=O) groups excluding carboxylic acids is 1. The summed E-state index contributed by atoms with van der Waals surface area (Å²) in [5.74, 6) is 0.460. The highest BCUT2D eigenvalue weighted by molar-refractivity contribution is 9.10. The Labute approximate surface area is 128 Å². The third-order valence-electron chi connectivity index (χ3n) is 2.77. The van der Waals surface area contributed by atoms with Crippen LogP contribution in [0.4, 0.5) is 11.4 Å². The average molecular weight is 351 g/mol. The van der Waals surface area contributed by atoms with Crippen LogP contribution in [-0.2, 0) is 4.79 Å². The van der Waals surface area contributed by atoms with Gasteiger partial charge in [0.2, 0.25) is 0 Å². The topological polar surface area (TPSA) is 64.3 Å². The molecule has 1 heterocycles. The van der Waals surface area contributed by atoms with Gasteiger partial charge in [0.1, 0.15) is 5.75 Å². The first-order valence-corrected chi connectivity index (χ1v) is 7.52. The predicted octanol–water partition coefficient (Wildman–Crippen LogP) is 3.51. The normalized spacial score (nSPS) is 13.3. The zero-order chi connectivity index (χ0) is 14.1. The average Bonchev–Trinajstić information content (AvgIpc) is 2.40. The summed E-state index contributed by atoms with van der Waals surface area (Å²) in [6, 6.07) is 11.5. The lowest BCUT2D eigenvalue weighted by atomic mass is 10.2. The SMILES string of the molecule is Nc1cc2c(cc1Sc1cccc(Br)c1)NC(=O)CO2.